The van der Waals surface area contributed by atoms with E-state index in [-0.39, 0.29) is 0 Å². The Labute approximate surface area is 119 Å². The molecule has 18 heavy (non-hydrogen) atoms. The maximum Gasteiger partial charge on any atom is 0.0177 e. The molecule has 1 saturated carbocycles. The first-order chi connectivity index (χ1) is 8.79. The zero-order valence-electron chi connectivity index (χ0n) is 11.3. The van der Waals surface area contributed by atoms with Crippen LogP contribution in [0.2, 0.25) is 0 Å². The summed E-state index contributed by atoms with van der Waals surface area (Å²) in [5.41, 5.74) is 1.48. The molecule has 1 fully saturated rings. The van der Waals surface area contributed by atoms with Crippen LogP contribution in [0.25, 0.3) is 0 Å². The van der Waals surface area contributed by atoms with Gasteiger partial charge in [-0.15, -0.1) is 0 Å². The Morgan fingerprint density at radius 3 is 2.89 bits per heavy atom. The SMILES string of the molecule is CCCNCC1CCCC1Cc1cccc(Br)c1. The van der Waals surface area contributed by atoms with Crippen molar-refractivity contribution >= 4 is 15.9 Å². The second kappa shape index (κ2) is 7.30. The van der Waals surface area contributed by atoms with Crippen LogP contribution in [0.4, 0.5) is 0 Å². The third kappa shape index (κ3) is 4.10. The van der Waals surface area contributed by atoms with Gasteiger partial charge in [0, 0.05) is 4.47 Å². The van der Waals surface area contributed by atoms with Crippen molar-refractivity contribution in [3.8, 4) is 0 Å². The van der Waals surface area contributed by atoms with Crippen molar-refractivity contribution < 1.29 is 0 Å². The Kier molecular flexibility index (Phi) is 5.71. The lowest BCUT2D eigenvalue weighted by Gasteiger charge is -2.20. The number of hydrogen-bond acceptors (Lipinski definition) is 1. The molecular weight excluding hydrogens is 286 g/mol. The summed E-state index contributed by atoms with van der Waals surface area (Å²) in [6.07, 6.45) is 6.72. The summed E-state index contributed by atoms with van der Waals surface area (Å²) in [6, 6.07) is 8.80. The van der Waals surface area contributed by atoms with Gasteiger partial charge in [0.2, 0.25) is 0 Å². The summed E-state index contributed by atoms with van der Waals surface area (Å²) in [7, 11) is 0. The van der Waals surface area contributed by atoms with Crippen LogP contribution in [0.1, 0.15) is 38.2 Å². The van der Waals surface area contributed by atoms with Gasteiger partial charge in [-0.2, -0.15) is 0 Å². The van der Waals surface area contributed by atoms with Gasteiger partial charge in [0.15, 0.2) is 0 Å². The maximum atomic E-state index is 3.59. The quantitative estimate of drug-likeness (QED) is 0.768. The predicted octanol–water partition coefficient (Wildman–Crippen LogP) is 4.41. The molecule has 2 rings (SSSR count). The molecule has 0 heterocycles. The fraction of sp³-hybridized carbons (Fsp3) is 0.625. The van der Waals surface area contributed by atoms with Crippen molar-refractivity contribution in [1.82, 2.24) is 5.32 Å². The molecule has 0 spiro atoms. The van der Waals surface area contributed by atoms with Crippen LogP contribution in [-0.2, 0) is 6.42 Å². The molecule has 2 unspecified atom stereocenters. The molecule has 1 aliphatic carbocycles. The van der Waals surface area contributed by atoms with Crippen molar-refractivity contribution in [3.63, 3.8) is 0 Å². The van der Waals surface area contributed by atoms with Gasteiger partial charge >= 0.3 is 0 Å². The fourth-order valence-corrected chi connectivity index (χ4v) is 3.53. The van der Waals surface area contributed by atoms with E-state index < -0.39 is 0 Å². The largest absolute Gasteiger partial charge is 0.316 e. The zero-order valence-corrected chi connectivity index (χ0v) is 12.9. The number of rotatable bonds is 6. The average Bonchev–Trinajstić information content (AvgIpc) is 2.77. The Balaban J connectivity index is 1.87. The number of halogens is 1. The van der Waals surface area contributed by atoms with Gasteiger partial charge in [0.25, 0.3) is 0 Å². The molecule has 0 aliphatic heterocycles. The highest BCUT2D eigenvalue weighted by Gasteiger charge is 2.26. The van der Waals surface area contributed by atoms with Gasteiger partial charge in [-0.1, -0.05) is 41.4 Å². The van der Waals surface area contributed by atoms with E-state index in [0.717, 1.165) is 11.8 Å². The Bertz CT molecular complexity index is 364. The maximum absolute atomic E-state index is 3.59. The van der Waals surface area contributed by atoms with E-state index in [1.54, 1.807) is 0 Å². The van der Waals surface area contributed by atoms with Crippen LogP contribution in [0.15, 0.2) is 28.7 Å². The first kappa shape index (κ1) is 14.1. The standard InChI is InChI=1S/C16H24BrN/c1-2-9-18-12-15-7-4-6-14(15)10-13-5-3-8-16(17)11-13/h3,5,8,11,14-15,18H,2,4,6-7,9-10,12H2,1H3. The fourth-order valence-electron chi connectivity index (χ4n) is 3.08. The summed E-state index contributed by atoms with van der Waals surface area (Å²) in [6.45, 7) is 4.62. The summed E-state index contributed by atoms with van der Waals surface area (Å²) < 4.78 is 1.21. The molecule has 2 atom stereocenters. The van der Waals surface area contributed by atoms with E-state index >= 15 is 0 Å². The zero-order chi connectivity index (χ0) is 12.8. The van der Waals surface area contributed by atoms with Gasteiger partial charge < -0.3 is 5.32 Å². The molecular formula is C16H24BrN. The summed E-state index contributed by atoms with van der Waals surface area (Å²) in [5.74, 6) is 1.76. The third-order valence-corrected chi connectivity index (χ3v) is 4.53. The summed E-state index contributed by atoms with van der Waals surface area (Å²) >= 11 is 3.57. The first-order valence-electron chi connectivity index (χ1n) is 7.24. The lowest BCUT2D eigenvalue weighted by atomic mass is 9.89. The lowest BCUT2D eigenvalue weighted by molar-refractivity contribution is 0.365. The van der Waals surface area contributed by atoms with Gasteiger partial charge in [-0.25, -0.2) is 0 Å². The van der Waals surface area contributed by atoms with Crippen molar-refractivity contribution in [2.45, 2.75) is 39.0 Å². The predicted molar refractivity (Wildman–Crippen MR) is 81.8 cm³/mol. The molecule has 0 saturated heterocycles. The van der Waals surface area contributed by atoms with Gasteiger partial charge in [-0.05, 0) is 68.3 Å². The Morgan fingerprint density at radius 1 is 1.28 bits per heavy atom. The molecule has 1 N–H and O–H groups in total. The lowest BCUT2D eigenvalue weighted by Crippen LogP contribution is -2.26. The summed E-state index contributed by atoms with van der Waals surface area (Å²) in [5, 5.41) is 3.59. The highest BCUT2D eigenvalue weighted by atomic mass is 79.9. The number of nitrogens with one attached hydrogen (secondary N) is 1. The van der Waals surface area contributed by atoms with Crippen LogP contribution >= 0.6 is 15.9 Å². The molecule has 1 aliphatic rings. The van der Waals surface area contributed by atoms with Gasteiger partial charge in [-0.3, -0.25) is 0 Å². The van der Waals surface area contributed by atoms with E-state index in [0.29, 0.717) is 0 Å². The van der Waals surface area contributed by atoms with E-state index in [1.807, 2.05) is 0 Å². The molecule has 100 valence electrons. The minimum atomic E-state index is 0.878. The normalized spacial score (nSPS) is 23.4. The highest BCUT2D eigenvalue weighted by molar-refractivity contribution is 9.10. The van der Waals surface area contributed by atoms with E-state index in [2.05, 4.69) is 52.4 Å². The Hall–Kier alpha value is -0.340. The number of benzene rings is 1. The minimum absolute atomic E-state index is 0.878. The van der Waals surface area contributed by atoms with Crippen molar-refractivity contribution in [1.29, 1.82) is 0 Å². The van der Waals surface area contributed by atoms with E-state index in [9.17, 15) is 0 Å². The smallest absolute Gasteiger partial charge is 0.0177 e. The molecule has 0 aromatic heterocycles. The minimum Gasteiger partial charge on any atom is -0.316 e. The molecule has 0 bridgehead atoms. The van der Waals surface area contributed by atoms with Gasteiger partial charge in [0.05, 0.1) is 0 Å². The summed E-state index contributed by atoms with van der Waals surface area (Å²) in [4.78, 5) is 0. The number of hydrogen-bond donors (Lipinski definition) is 1. The van der Waals surface area contributed by atoms with Crippen molar-refractivity contribution in [2.24, 2.45) is 11.8 Å². The second-order valence-electron chi connectivity index (χ2n) is 5.49. The topological polar surface area (TPSA) is 12.0 Å². The van der Waals surface area contributed by atoms with Crippen LogP contribution in [0.5, 0.6) is 0 Å². The second-order valence-corrected chi connectivity index (χ2v) is 6.40. The average molecular weight is 310 g/mol. The molecule has 1 aromatic carbocycles. The molecule has 0 radical (unpaired) electrons. The van der Waals surface area contributed by atoms with Crippen LogP contribution in [-0.4, -0.2) is 13.1 Å². The van der Waals surface area contributed by atoms with Crippen LogP contribution in [0.3, 0.4) is 0 Å². The highest BCUT2D eigenvalue weighted by Crippen LogP contribution is 2.34. The Morgan fingerprint density at radius 2 is 2.11 bits per heavy atom. The van der Waals surface area contributed by atoms with E-state index in [1.165, 1.54) is 55.2 Å². The van der Waals surface area contributed by atoms with Crippen molar-refractivity contribution in [2.75, 3.05) is 13.1 Å². The van der Waals surface area contributed by atoms with Crippen LogP contribution < -0.4 is 5.32 Å². The van der Waals surface area contributed by atoms with Crippen molar-refractivity contribution in [3.05, 3.63) is 34.3 Å². The van der Waals surface area contributed by atoms with Gasteiger partial charge in [0.1, 0.15) is 0 Å². The monoisotopic (exact) mass is 309 g/mol. The van der Waals surface area contributed by atoms with Crippen LogP contribution in [0, 0.1) is 11.8 Å². The molecule has 2 heteroatoms. The molecule has 0 amide bonds. The molecule has 1 nitrogen and oxygen atoms in total. The van der Waals surface area contributed by atoms with E-state index in [4.69, 9.17) is 0 Å². The molecule has 1 aromatic rings. The first-order valence-corrected chi connectivity index (χ1v) is 8.04. The third-order valence-electron chi connectivity index (χ3n) is 4.04.